The molecule has 0 aliphatic rings. The van der Waals surface area contributed by atoms with Crippen molar-refractivity contribution in [1.29, 1.82) is 0 Å². The summed E-state index contributed by atoms with van der Waals surface area (Å²) < 4.78 is 0. The van der Waals surface area contributed by atoms with E-state index in [4.69, 9.17) is 11.5 Å². The third kappa shape index (κ3) is 8.79. The van der Waals surface area contributed by atoms with Gasteiger partial charge in [0.15, 0.2) is 0 Å². The first-order valence-electron chi connectivity index (χ1n) is 9.31. The molecule has 172 valence electrons. The highest BCUT2D eigenvalue weighted by Gasteiger charge is 2.32. The third-order valence-corrected chi connectivity index (χ3v) is 4.17. The Labute approximate surface area is 177 Å². The predicted octanol–water partition coefficient (Wildman–Crippen LogP) is -3.90. The molecule has 0 bridgehead atoms. The van der Waals surface area contributed by atoms with E-state index < -0.39 is 53.8 Å². The van der Waals surface area contributed by atoms with E-state index in [0.717, 1.165) is 0 Å². The SMILES string of the molecule is CC(O)C(NC(=O)C(Cc1cnc[nH]1)NC(=O)CN)C(=O)NC(CCC(N)=O)C(=O)O. The van der Waals surface area contributed by atoms with Crippen LogP contribution in [0.3, 0.4) is 0 Å². The van der Waals surface area contributed by atoms with Crippen LogP contribution < -0.4 is 27.4 Å². The maximum absolute atomic E-state index is 12.7. The average molecular weight is 441 g/mol. The molecular weight excluding hydrogens is 414 g/mol. The van der Waals surface area contributed by atoms with Crippen LogP contribution in [-0.4, -0.2) is 80.6 Å². The Kier molecular flexibility index (Phi) is 10.1. The van der Waals surface area contributed by atoms with E-state index in [2.05, 4.69) is 25.9 Å². The number of carbonyl (C=O) groups excluding carboxylic acids is 4. The van der Waals surface area contributed by atoms with Gasteiger partial charge < -0.3 is 42.6 Å². The Hall–Kier alpha value is -3.52. The summed E-state index contributed by atoms with van der Waals surface area (Å²) >= 11 is 0. The molecule has 14 nitrogen and oxygen atoms in total. The van der Waals surface area contributed by atoms with Crippen LogP contribution in [0, 0.1) is 0 Å². The number of aliphatic hydroxyl groups excluding tert-OH is 1. The average Bonchev–Trinajstić information content (AvgIpc) is 3.20. The molecule has 0 aromatic carbocycles. The lowest BCUT2D eigenvalue weighted by atomic mass is 10.1. The van der Waals surface area contributed by atoms with E-state index >= 15 is 0 Å². The summed E-state index contributed by atoms with van der Waals surface area (Å²) in [6, 6.07) is -4.16. The lowest BCUT2D eigenvalue weighted by Crippen LogP contribution is -2.59. The van der Waals surface area contributed by atoms with Crippen LogP contribution in [0.15, 0.2) is 12.5 Å². The van der Waals surface area contributed by atoms with Crippen LogP contribution >= 0.6 is 0 Å². The van der Waals surface area contributed by atoms with E-state index in [-0.39, 0.29) is 25.8 Å². The predicted molar refractivity (Wildman–Crippen MR) is 105 cm³/mol. The fraction of sp³-hybridized carbons (Fsp3) is 0.529. The molecule has 10 N–H and O–H groups in total. The van der Waals surface area contributed by atoms with Gasteiger partial charge in [0.2, 0.25) is 23.6 Å². The summed E-state index contributed by atoms with van der Waals surface area (Å²) in [5.41, 5.74) is 10.8. The molecule has 1 aromatic rings. The number of aliphatic carboxylic acids is 1. The van der Waals surface area contributed by atoms with Gasteiger partial charge in [0.05, 0.1) is 19.0 Å². The van der Waals surface area contributed by atoms with Crippen LogP contribution in [-0.2, 0) is 30.4 Å². The normalized spacial score (nSPS) is 14.5. The second-order valence-corrected chi connectivity index (χ2v) is 6.74. The number of amides is 4. The standard InChI is InChI=1S/C17H27N7O7/c1-8(25)14(16(29)23-10(17(30)31)2-3-12(19)26)24-15(28)11(22-13(27)5-18)4-9-6-20-7-21-9/h6-8,10-11,14,25H,2-5,18H2,1H3,(H2,19,26)(H,20,21)(H,22,27)(H,23,29)(H,24,28)(H,30,31). The van der Waals surface area contributed by atoms with Crippen LogP contribution in [0.5, 0.6) is 0 Å². The van der Waals surface area contributed by atoms with Crippen molar-refractivity contribution in [2.75, 3.05) is 6.54 Å². The van der Waals surface area contributed by atoms with Crippen LogP contribution in [0.4, 0.5) is 0 Å². The molecule has 1 heterocycles. The van der Waals surface area contributed by atoms with Gasteiger partial charge >= 0.3 is 5.97 Å². The van der Waals surface area contributed by atoms with Crippen molar-refractivity contribution in [1.82, 2.24) is 25.9 Å². The van der Waals surface area contributed by atoms with Gasteiger partial charge in [0.1, 0.15) is 18.1 Å². The van der Waals surface area contributed by atoms with Gasteiger partial charge in [0, 0.05) is 24.7 Å². The minimum absolute atomic E-state index is 0.0118. The van der Waals surface area contributed by atoms with Crippen molar-refractivity contribution >= 4 is 29.6 Å². The van der Waals surface area contributed by atoms with Crippen molar-refractivity contribution in [3.05, 3.63) is 18.2 Å². The fourth-order valence-corrected chi connectivity index (χ4v) is 2.54. The number of H-pyrrole nitrogens is 1. The van der Waals surface area contributed by atoms with Crippen molar-refractivity contribution < 1.29 is 34.2 Å². The van der Waals surface area contributed by atoms with E-state index in [1.54, 1.807) is 0 Å². The summed E-state index contributed by atoms with van der Waals surface area (Å²) in [5, 5.41) is 26.0. The number of rotatable bonds is 13. The molecule has 0 aliphatic carbocycles. The second-order valence-electron chi connectivity index (χ2n) is 6.74. The Morgan fingerprint density at radius 3 is 2.29 bits per heavy atom. The molecule has 0 saturated carbocycles. The van der Waals surface area contributed by atoms with Gasteiger partial charge in [-0.3, -0.25) is 19.2 Å². The zero-order valence-electron chi connectivity index (χ0n) is 16.8. The number of aromatic nitrogens is 2. The van der Waals surface area contributed by atoms with Crippen LogP contribution in [0.1, 0.15) is 25.5 Å². The molecule has 0 saturated heterocycles. The van der Waals surface area contributed by atoms with Gasteiger partial charge in [-0.1, -0.05) is 0 Å². The molecule has 0 aliphatic heterocycles. The maximum atomic E-state index is 12.7. The molecule has 0 radical (unpaired) electrons. The highest BCUT2D eigenvalue weighted by molar-refractivity contribution is 5.94. The molecule has 0 spiro atoms. The molecule has 1 aromatic heterocycles. The topological polar surface area (TPSA) is 243 Å². The van der Waals surface area contributed by atoms with Crippen LogP contribution in [0.25, 0.3) is 0 Å². The number of nitrogens with zero attached hydrogens (tertiary/aromatic N) is 1. The van der Waals surface area contributed by atoms with E-state index in [0.29, 0.717) is 5.69 Å². The summed E-state index contributed by atoms with van der Waals surface area (Å²) in [6.07, 6.45) is 0.824. The zero-order chi connectivity index (χ0) is 23.6. The number of carboxylic acids is 1. The number of primary amides is 1. The van der Waals surface area contributed by atoms with Crippen LogP contribution in [0.2, 0.25) is 0 Å². The third-order valence-electron chi connectivity index (χ3n) is 4.17. The summed E-state index contributed by atoms with van der Waals surface area (Å²) in [5.74, 6) is -4.61. The second kappa shape index (κ2) is 12.2. The number of aromatic amines is 1. The molecule has 0 fully saturated rings. The Balaban J connectivity index is 2.92. The molecule has 4 amide bonds. The number of hydrogen-bond donors (Lipinski definition) is 8. The number of nitrogens with one attached hydrogen (secondary N) is 4. The number of carbonyl (C=O) groups is 5. The quantitative estimate of drug-likeness (QED) is 0.149. The van der Waals surface area contributed by atoms with Gasteiger partial charge in [-0.05, 0) is 13.3 Å². The summed E-state index contributed by atoms with van der Waals surface area (Å²) in [4.78, 5) is 65.7. The summed E-state index contributed by atoms with van der Waals surface area (Å²) in [7, 11) is 0. The largest absolute Gasteiger partial charge is 0.480 e. The molecule has 4 unspecified atom stereocenters. The van der Waals surface area contributed by atoms with E-state index in [1.807, 2.05) is 0 Å². The van der Waals surface area contributed by atoms with Crippen molar-refractivity contribution in [3.8, 4) is 0 Å². The lowest BCUT2D eigenvalue weighted by molar-refractivity contribution is -0.143. The Bertz CT molecular complexity index is 782. The molecule has 14 heteroatoms. The lowest BCUT2D eigenvalue weighted by Gasteiger charge is -2.25. The minimum atomic E-state index is -1.54. The van der Waals surface area contributed by atoms with Gasteiger partial charge in [0.25, 0.3) is 0 Å². The maximum Gasteiger partial charge on any atom is 0.326 e. The molecular formula is C17H27N7O7. The van der Waals surface area contributed by atoms with Gasteiger partial charge in [-0.25, -0.2) is 9.78 Å². The van der Waals surface area contributed by atoms with Gasteiger partial charge in [-0.2, -0.15) is 0 Å². The smallest absolute Gasteiger partial charge is 0.326 e. The highest BCUT2D eigenvalue weighted by Crippen LogP contribution is 2.04. The Morgan fingerprint density at radius 1 is 1.13 bits per heavy atom. The number of nitrogens with two attached hydrogens (primary N) is 2. The van der Waals surface area contributed by atoms with E-state index in [1.165, 1.54) is 19.4 Å². The van der Waals surface area contributed by atoms with Gasteiger partial charge in [-0.15, -0.1) is 0 Å². The van der Waals surface area contributed by atoms with Crippen molar-refractivity contribution in [2.24, 2.45) is 11.5 Å². The summed E-state index contributed by atoms with van der Waals surface area (Å²) in [6.45, 7) is 0.833. The number of hydrogen-bond acceptors (Lipinski definition) is 8. The zero-order valence-corrected chi connectivity index (χ0v) is 16.8. The first-order valence-corrected chi connectivity index (χ1v) is 9.31. The first kappa shape index (κ1) is 25.5. The first-order chi connectivity index (χ1) is 14.5. The Morgan fingerprint density at radius 2 is 1.81 bits per heavy atom. The molecule has 4 atom stereocenters. The van der Waals surface area contributed by atoms with Crippen molar-refractivity contribution in [2.45, 2.75) is 50.4 Å². The minimum Gasteiger partial charge on any atom is -0.480 e. The number of aliphatic hydroxyl groups is 1. The number of imidazole rings is 1. The van der Waals surface area contributed by atoms with Crippen molar-refractivity contribution in [3.63, 3.8) is 0 Å². The monoisotopic (exact) mass is 441 g/mol. The molecule has 31 heavy (non-hydrogen) atoms. The fourth-order valence-electron chi connectivity index (χ4n) is 2.54. The molecule has 1 rings (SSSR count). The highest BCUT2D eigenvalue weighted by atomic mass is 16.4. The number of carboxylic acid groups (broad SMARTS) is 1. The van der Waals surface area contributed by atoms with E-state index in [9.17, 15) is 34.2 Å².